The van der Waals surface area contributed by atoms with Gasteiger partial charge in [0.2, 0.25) is 10.0 Å². The number of aromatic nitrogens is 2. The molecule has 0 amide bonds. The third-order valence-electron chi connectivity index (χ3n) is 3.77. The van der Waals surface area contributed by atoms with Crippen molar-refractivity contribution in [1.29, 1.82) is 0 Å². The number of carboxylic acid groups (broad SMARTS) is 1. The van der Waals surface area contributed by atoms with E-state index in [2.05, 4.69) is 9.71 Å². The largest absolute Gasteiger partial charge is 0.481 e. The smallest absolute Gasteiger partial charge is 0.305 e. The standard InChI is InChI=1S/C17H17N3O4S/c1-25(23,24)19-13-7-8-15-14(9-13)18-11-20(15)16(10-17(21)22)12-5-3-2-4-6-12/h2-9,11,16,19H,10H2,1H3,(H,21,22). The van der Waals surface area contributed by atoms with E-state index in [1.807, 2.05) is 30.3 Å². The Hall–Kier alpha value is -2.87. The summed E-state index contributed by atoms with van der Waals surface area (Å²) in [6.45, 7) is 0. The predicted molar refractivity (Wildman–Crippen MR) is 95.0 cm³/mol. The number of benzene rings is 2. The van der Waals surface area contributed by atoms with Gasteiger partial charge in [0.1, 0.15) is 0 Å². The molecule has 0 aliphatic rings. The van der Waals surface area contributed by atoms with E-state index in [1.165, 1.54) is 0 Å². The molecular weight excluding hydrogens is 342 g/mol. The summed E-state index contributed by atoms with van der Waals surface area (Å²) in [6, 6.07) is 13.9. The maximum Gasteiger partial charge on any atom is 0.305 e. The van der Waals surface area contributed by atoms with Crippen LogP contribution in [0.3, 0.4) is 0 Å². The molecule has 3 aromatic rings. The van der Waals surface area contributed by atoms with Crippen LogP contribution in [0.15, 0.2) is 54.9 Å². The Labute approximate surface area is 145 Å². The first kappa shape index (κ1) is 17.0. The Morgan fingerprint density at radius 3 is 2.60 bits per heavy atom. The Morgan fingerprint density at radius 2 is 1.96 bits per heavy atom. The molecule has 7 nitrogen and oxygen atoms in total. The Morgan fingerprint density at radius 1 is 1.24 bits per heavy atom. The molecule has 0 saturated heterocycles. The second kappa shape index (κ2) is 6.56. The average molecular weight is 359 g/mol. The van der Waals surface area contributed by atoms with Crippen LogP contribution in [0.5, 0.6) is 0 Å². The predicted octanol–water partition coefficient (Wildman–Crippen LogP) is 2.47. The molecule has 3 rings (SSSR count). The van der Waals surface area contributed by atoms with E-state index in [0.29, 0.717) is 11.2 Å². The van der Waals surface area contributed by atoms with Crippen molar-refractivity contribution >= 4 is 32.7 Å². The first-order chi connectivity index (χ1) is 11.8. The van der Waals surface area contributed by atoms with Gasteiger partial charge in [-0.3, -0.25) is 9.52 Å². The number of sulfonamides is 1. The summed E-state index contributed by atoms with van der Waals surface area (Å²) < 4.78 is 26.9. The van der Waals surface area contributed by atoms with Crippen molar-refractivity contribution in [3.05, 3.63) is 60.4 Å². The lowest BCUT2D eigenvalue weighted by Crippen LogP contribution is -2.14. The van der Waals surface area contributed by atoms with Crippen LogP contribution in [-0.4, -0.2) is 35.3 Å². The van der Waals surface area contributed by atoms with Gasteiger partial charge in [0.15, 0.2) is 0 Å². The van der Waals surface area contributed by atoms with E-state index >= 15 is 0 Å². The number of nitrogens with zero attached hydrogens (tertiary/aromatic N) is 2. The molecule has 1 atom stereocenters. The number of rotatable bonds is 6. The Bertz CT molecular complexity index is 1010. The Kier molecular flexibility index (Phi) is 4.45. The number of aliphatic carboxylic acids is 1. The van der Waals surface area contributed by atoms with Crippen LogP contribution in [0.4, 0.5) is 5.69 Å². The summed E-state index contributed by atoms with van der Waals surface area (Å²) in [5.74, 6) is -0.911. The monoisotopic (exact) mass is 359 g/mol. The second-order valence-electron chi connectivity index (χ2n) is 5.75. The van der Waals surface area contributed by atoms with Crippen molar-refractivity contribution in [3.63, 3.8) is 0 Å². The highest BCUT2D eigenvalue weighted by Crippen LogP contribution is 2.28. The molecule has 130 valence electrons. The number of nitrogens with one attached hydrogen (secondary N) is 1. The van der Waals surface area contributed by atoms with Crippen LogP contribution in [-0.2, 0) is 14.8 Å². The quantitative estimate of drug-likeness (QED) is 0.704. The number of hydrogen-bond donors (Lipinski definition) is 2. The number of imidazole rings is 1. The molecule has 8 heteroatoms. The average Bonchev–Trinajstić information content (AvgIpc) is 2.94. The van der Waals surface area contributed by atoms with Gasteiger partial charge in [-0.15, -0.1) is 0 Å². The van der Waals surface area contributed by atoms with Crippen LogP contribution in [0.2, 0.25) is 0 Å². The van der Waals surface area contributed by atoms with E-state index in [0.717, 1.165) is 17.3 Å². The first-order valence-corrected chi connectivity index (χ1v) is 9.44. The molecule has 2 aromatic carbocycles. The molecule has 0 spiro atoms. The zero-order valence-corrected chi connectivity index (χ0v) is 14.3. The lowest BCUT2D eigenvalue weighted by molar-refractivity contribution is -0.137. The van der Waals surface area contributed by atoms with Gasteiger partial charge in [0.25, 0.3) is 0 Å². The van der Waals surface area contributed by atoms with Crippen LogP contribution >= 0.6 is 0 Å². The van der Waals surface area contributed by atoms with Gasteiger partial charge >= 0.3 is 5.97 Å². The van der Waals surface area contributed by atoms with Gasteiger partial charge in [0.05, 0.1) is 41.8 Å². The normalized spacial score (nSPS) is 12.8. The van der Waals surface area contributed by atoms with Crippen molar-refractivity contribution < 1.29 is 18.3 Å². The number of carbonyl (C=O) groups is 1. The highest BCUT2D eigenvalue weighted by atomic mass is 32.2. The highest BCUT2D eigenvalue weighted by molar-refractivity contribution is 7.92. The summed E-state index contributed by atoms with van der Waals surface area (Å²) in [5, 5.41) is 9.28. The minimum atomic E-state index is -3.38. The molecule has 0 fully saturated rings. The molecular formula is C17H17N3O4S. The SMILES string of the molecule is CS(=O)(=O)Nc1ccc2c(c1)ncn2C(CC(=O)O)c1ccccc1. The second-order valence-corrected chi connectivity index (χ2v) is 7.50. The lowest BCUT2D eigenvalue weighted by Gasteiger charge is -2.18. The molecule has 1 unspecified atom stereocenters. The minimum Gasteiger partial charge on any atom is -0.481 e. The number of fused-ring (bicyclic) bond motifs is 1. The maximum absolute atomic E-state index is 11.4. The number of anilines is 1. The van der Waals surface area contributed by atoms with Gasteiger partial charge in [-0.1, -0.05) is 30.3 Å². The summed E-state index contributed by atoms with van der Waals surface area (Å²) in [6.07, 6.45) is 2.57. The van der Waals surface area contributed by atoms with E-state index in [-0.39, 0.29) is 6.42 Å². The van der Waals surface area contributed by atoms with Crippen molar-refractivity contribution in [2.75, 3.05) is 11.0 Å². The summed E-state index contributed by atoms with van der Waals surface area (Å²) in [7, 11) is -3.38. The van der Waals surface area contributed by atoms with Crippen molar-refractivity contribution in [1.82, 2.24) is 9.55 Å². The molecule has 1 aromatic heterocycles. The minimum absolute atomic E-state index is 0.0845. The van der Waals surface area contributed by atoms with Crippen molar-refractivity contribution in [2.24, 2.45) is 0 Å². The first-order valence-electron chi connectivity index (χ1n) is 7.54. The van der Waals surface area contributed by atoms with Crippen LogP contribution in [0.25, 0.3) is 11.0 Å². The van der Waals surface area contributed by atoms with Gasteiger partial charge in [-0.05, 0) is 23.8 Å². The van der Waals surface area contributed by atoms with Gasteiger partial charge in [-0.25, -0.2) is 13.4 Å². The fraction of sp³-hybridized carbons (Fsp3) is 0.176. The summed E-state index contributed by atoms with van der Waals surface area (Å²) in [5.41, 5.74) is 2.59. The van der Waals surface area contributed by atoms with Crippen molar-refractivity contribution in [3.8, 4) is 0 Å². The molecule has 0 aliphatic carbocycles. The van der Waals surface area contributed by atoms with Gasteiger partial charge in [-0.2, -0.15) is 0 Å². The van der Waals surface area contributed by atoms with Gasteiger partial charge < -0.3 is 9.67 Å². The zero-order valence-electron chi connectivity index (χ0n) is 13.5. The summed E-state index contributed by atoms with van der Waals surface area (Å²) >= 11 is 0. The molecule has 0 saturated carbocycles. The van der Waals surface area contributed by atoms with Crippen LogP contribution < -0.4 is 4.72 Å². The van der Waals surface area contributed by atoms with E-state index in [1.54, 1.807) is 29.1 Å². The third-order valence-corrected chi connectivity index (χ3v) is 4.37. The van der Waals surface area contributed by atoms with Gasteiger partial charge in [0, 0.05) is 0 Å². The van der Waals surface area contributed by atoms with Crippen molar-refractivity contribution in [2.45, 2.75) is 12.5 Å². The third kappa shape index (κ3) is 3.97. The highest BCUT2D eigenvalue weighted by Gasteiger charge is 2.19. The topological polar surface area (TPSA) is 101 Å². The molecule has 0 bridgehead atoms. The fourth-order valence-electron chi connectivity index (χ4n) is 2.78. The maximum atomic E-state index is 11.4. The molecule has 25 heavy (non-hydrogen) atoms. The number of hydrogen-bond acceptors (Lipinski definition) is 4. The molecule has 0 radical (unpaired) electrons. The van der Waals surface area contributed by atoms with E-state index < -0.39 is 22.0 Å². The molecule has 1 heterocycles. The molecule has 0 aliphatic heterocycles. The van der Waals surface area contributed by atoms with E-state index in [4.69, 9.17) is 0 Å². The van der Waals surface area contributed by atoms with E-state index in [9.17, 15) is 18.3 Å². The molecule has 2 N–H and O–H groups in total. The van der Waals surface area contributed by atoms with Crippen LogP contribution in [0, 0.1) is 0 Å². The lowest BCUT2D eigenvalue weighted by atomic mass is 10.0. The zero-order chi connectivity index (χ0) is 18.0. The number of carboxylic acids is 1. The Balaban J connectivity index is 2.05. The van der Waals surface area contributed by atoms with Crippen LogP contribution in [0.1, 0.15) is 18.0 Å². The summed E-state index contributed by atoms with van der Waals surface area (Å²) in [4.78, 5) is 15.6. The fourth-order valence-corrected chi connectivity index (χ4v) is 3.33.